The van der Waals surface area contributed by atoms with Crippen molar-refractivity contribution in [3.63, 3.8) is 0 Å². The van der Waals surface area contributed by atoms with Crippen molar-refractivity contribution in [3.8, 4) is 0 Å². The van der Waals surface area contributed by atoms with E-state index < -0.39 is 21.7 Å². The minimum absolute atomic E-state index is 0.205. The lowest BCUT2D eigenvalue weighted by atomic mass is 10.4. The molecule has 0 bridgehead atoms. The number of carboxylic acids is 1. The molecule has 9 heteroatoms. The lowest BCUT2D eigenvalue weighted by molar-refractivity contribution is 0.0686. The molecule has 108 valence electrons. The maximum Gasteiger partial charge on any atom is 0.357 e. The number of nitrogens with zero attached hydrogens (tertiary/aromatic N) is 1. The van der Waals surface area contributed by atoms with Crippen LogP contribution in [0.5, 0.6) is 0 Å². The summed E-state index contributed by atoms with van der Waals surface area (Å²) in [4.78, 5) is 10.6. The molecule has 19 heavy (non-hydrogen) atoms. The Morgan fingerprint density at radius 1 is 1.42 bits per heavy atom. The Bertz CT molecular complexity index is 538. The number of nitrogens with one attached hydrogen (secondary N) is 3. The normalized spacial score (nSPS) is 11.7. The summed E-state index contributed by atoms with van der Waals surface area (Å²) in [5.41, 5.74) is -0.284. The van der Waals surface area contributed by atoms with E-state index in [4.69, 9.17) is 5.11 Å². The fourth-order valence-corrected chi connectivity index (χ4v) is 2.96. The van der Waals surface area contributed by atoms with E-state index >= 15 is 0 Å². The summed E-state index contributed by atoms with van der Waals surface area (Å²) < 4.78 is 26.4. The molecule has 1 heterocycles. The molecule has 0 aliphatic heterocycles. The smallest absolute Gasteiger partial charge is 0.357 e. The predicted molar refractivity (Wildman–Crippen MR) is 68.6 cm³/mol. The van der Waals surface area contributed by atoms with E-state index in [2.05, 4.69) is 20.2 Å². The second kappa shape index (κ2) is 6.64. The summed E-state index contributed by atoms with van der Waals surface area (Å²) in [6.07, 6.45) is 0.617. The van der Waals surface area contributed by atoms with Crippen LogP contribution in [-0.2, 0) is 10.0 Å². The molecular weight excluding hydrogens is 272 g/mol. The zero-order valence-electron chi connectivity index (χ0n) is 10.9. The summed E-state index contributed by atoms with van der Waals surface area (Å²) in [6, 6.07) is 0. The number of hydrogen-bond acceptors (Lipinski definition) is 5. The van der Waals surface area contributed by atoms with Gasteiger partial charge in [-0.2, -0.15) is 5.10 Å². The van der Waals surface area contributed by atoms with Crippen LogP contribution in [0.15, 0.2) is 4.90 Å². The number of H-pyrrole nitrogens is 1. The number of rotatable bonds is 8. The molecular formula is C10H18N4O4S. The molecule has 8 nitrogen and oxygen atoms in total. The second-order valence-electron chi connectivity index (χ2n) is 3.94. The van der Waals surface area contributed by atoms with Crippen LogP contribution in [0.3, 0.4) is 0 Å². The average Bonchev–Trinajstić information content (AvgIpc) is 2.71. The Kier molecular flexibility index (Phi) is 5.45. The van der Waals surface area contributed by atoms with Gasteiger partial charge in [0, 0.05) is 6.54 Å². The van der Waals surface area contributed by atoms with Crippen molar-refractivity contribution in [2.45, 2.75) is 25.2 Å². The molecule has 0 radical (unpaired) electrons. The average molecular weight is 290 g/mol. The van der Waals surface area contributed by atoms with Gasteiger partial charge in [0.1, 0.15) is 4.90 Å². The van der Waals surface area contributed by atoms with Crippen molar-refractivity contribution >= 4 is 16.0 Å². The molecule has 1 rings (SSSR count). The van der Waals surface area contributed by atoms with Gasteiger partial charge in [-0.25, -0.2) is 17.9 Å². The Morgan fingerprint density at radius 3 is 2.68 bits per heavy atom. The van der Waals surface area contributed by atoms with Crippen molar-refractivity contribution in [2.75, 3.05) is 19.6 Å². The lowest BCUT2D eigenvalue weighted by Crippen LogP contribution is -2.28. The minimum Gasteiger partial charge on any atom is -0.476 e. The summed E-state index contributed by atoms with van der Waals surface area (Å²) >= 11 is 0. The van der Waals surface area contributed by atoms with Crippen LogP contribution in [-0.4, -0.2) is 49.3 Å². The highest BCUT2D eigenvalue weighted by molar-refractivity contribution is 7.89. The van der Waals surface area contributed by atoms with Crippen molar-refractivity contribution < 1.29 is 18.3 Å². The Morgan fingerprint density at radius 2 is 2.11 bits per heavy atom. The van der Waals surface area contributed by atoms with Gasteiger partial charge in [-0.15, -0.1) is 0 Å². The molecule has 0 aromatic carbocycles. The molecule has 0 saturated carbocycles. The highest BCUT2D eigenvalue weighted by Gasteiger charge is 2.27. The highest BCUT2D eigenvalue weighted by atomic mass is 32.2. The number of aryl methyl sites for hydroxylation is 1. The van der Waals surface area contributed by atoms with Gasteiger partial charge in [-0.3, -0.25) is 5.10 Å². The molecule has 0 amide bonds. The summed E-state index contributed by atoms with van der Waals surface area (Å²) in [5, 5.41) is 17.8. The molecule has 0 fully saturated rings. The van der Waals surface area contributed by atoms with Crippen molar-refractivity contribution in [1.82, 2.24) is 20.2 Å². The molecule has 1 aromatic rings. The van der Waals surface area contributed by atoms with E-state index in [1.54, 1.807) is 0 Å². The van der Waals surface area contributed by atoms with Crippen LogP contribution in [0.4, 0.5) is 0 Å². The van der Waals surface area contributed by atoms with Gasteiger partial charge in [-0.05, 0) is 26.4 Å². The van der Waals surface area contributed by atoms with E-state index in [1.807, 2.05) is 6.92 Å². The maximum atomic E-state index is 12.0. The largest absolute Gasteiger partial charge is 0.476 e. The highest BCUT2D eigenvalue weighted by Crippen LogP contribution is 2.17. The van der Waals surface area contributed by atoms with Crippen LogP contribution in [0.1, 0.15) is 29.5 Å². The van der Waals surface area contributed by atoms with Gasteiger partial charge in [0.15, 0.2) is 5.69 Å². The van der Waals surface area contributed by atoms with Gasteiger partial charge in [-0.1, -0.05) is 6.92 Å². The zero-order chi connectivity index (χ0) is 14.5. The van der Waals surface area contributed by atoms with E-state index in [1.165, 1.54) is 6.92 Å². The number of sulfonamides is 1. The van der Waals surface area contributed by atoms with Crippen LogP contribution in [0.2, 0.25) is 0 Å². The molecule has 4 N–H and O–H groups in total. The number of aromatic carboxylic acids is 1. The third-order valence-electron chi connectivity index (χ3n) is 2.43. The molecule has 0 atom stereocenters. The van der Waals surface area contributed by atoms with Gasteiger partial charge in [0.05, 0.1) is 5.69 Å². The Labute approximate surface area is 111 Å². The van der Waals surface area contributed by atoms with Gasteiger partial charge >= 0.3 is 5.97 Å². The Balaban J connectivity index is 2.77. The molecule has 0 aliphatic carbocycles. The zero-order valence-corrected chi connectivity index (χ0v) is 11.7. The lowest BCUT2D eigenvalue weighted by Gasteiger charge is -2.07. The number of carbonyl (C=O) groups is 1. The maximum absolute atomic E-state index is 12.0. The van der Waals surface area contributed by atoms with Crippen LogP contribution in [0.25, 0.3) is 0 Å². The van der Waals surface area contributed by atoms with E-state index in [9.17, 15) is 13.2 Å². The van der Waals surface area contributed by atoms with E-state index in [-0.39, 0.29) is 17.1 Å². The fourth-order valence-electron chi connectivity index (χ4n) is 1.56. The number of hydrogen-bond donors (Lipinski definition) is 4. The number of aromatic nitrogens is 2. The Hall–Kier alpha value is -1.45. The second-order valence-corrected chi connectivity index (χ2v) is 5.64. The summed E-state index contributed by atoms with van der Waals surface area (Å²) in [7, 11) is -3.86. The summed E-state index contributed by atoms with van der Waals surface area (Å²) in [5.74, 6) is -1.38. The predicted octanol–water partition coefficient (Wildman–Crippen LogP) is -0.306. The monoisotopic (exact) mass is 290 g/mol. The molecule has 0 spiro atoms. The first-order chi connectivity index (χ1) is 8.90. The molecule has 0 unspecified atom stereocenters. The summed E-state index contributed by atoms with van der Waals surface area (Å²) in [6.45, 7) is 5.16. The molecule has 0 saturated heterocycles. The van der Waals surface area contributed by atoms with Crippen molar-refractivity contribution in [3.05, 3.63) is 11.4 Å². The van der Waals surface area contributed by atoms with Gasteiger partial charge in [0.25, 0.3) is 0 Å². The van der Waals surface area contributed by atoms with Gasteiger partial charge < -0.3 is 10.4 Å². The van der Waals surface area contributed by atoms with Crippen molar-refractivity contribution in [2.24, 2.45) is 0 Å². The first-order valence-corrected chi connectivity index (χ1v) is 7.37. The van der Waals surface area contributed by atoms with E-state index in [0.29, 0.717) is 13.0 Å². The SMILES string of the molecule is CCNCCCNS(=O)(=O)c1c(C(=O)O)n[nH]c1C. The first-order valence-electron chi connectivity index (χ1n) is 5.88. The first kappa shape index (κ1) is 15.6. The van der Waals surface area contributed by atoms with Gasteiger partial charge in [0.2, 0.25) is 10.0 Å². The van der Waals surface area contributed by atoms with Crippen LogP contribution in [0, 0.1) is 6.92 Å². The number of carboxylic acid groups (broad SMARTS) is 1. The van der Waals surface area contributed by atoms with Crippen LogP contribution < -0.4 is 10.0 Å². The van der Waals surface area contributed by atoms with Crippen molar-refractivity contribution in [1.29, 1.82) is 0 Å². The fraction of sp³-hybridized carbons (Fsp3) is 0.600. The third-order valence-corrected chi connectivity index (χ3v) is 4.06. The minimum atomic E-state index is -3.86. The third kappa shape index (κ3) is 4.01. The standard InChI is InChI=1S/C10H18N4O4S/c1-3-11-5-4-6-12-19(17,18)9-7(2)13-14-8(9)10(15)16/h11-12H,3-6H2,1-2H3,(H,13,14)(H,15,16). The van der Waals surface area contributed by atoms with E-state index in [0.717, 1.165) is 6.54 Å². The topological polar surface area (TPSA) is 124 Å². The number of aromatic amines is 1. The quantitative estimate of drug-likeness (QED) is 0.487. The van der Waals surface area contributed by atoms with Crippen LogP contribution >= 0.6 is 0 Å². The molecule has 0 aliphatic rings. The molecule has 1 aromatic heterocycles.